The molecule has 9 nitrogen and oxygen atoms in total. The molecule has 2 aromatic heterocycles. The van der Waals surface area contributed by atoms with Crippen molar-refractivity contribution in [1.29, 1.82) is 0 Å². The van der Waals surface area contributed by atoms with Gasteiger partial charge >= 0.3 is 5.69 Å². The van der Waals surface area contributed by atoms with E-state index >= 15 is 0 Å². The number of methoxy groups -OCH3 is 2. The lowest BCUT2D eigenvalue weighted by Gasteiger charge is -2.15. The summed E-state index contributed by atoms with van der Waals surface area (Å²) in [6.45, 7) is 3.40. The summed E-state index contributed by atoms with van der Waals surface area (Å²) in [4.78, 5) is 30.0. The van der Waals surface area contributed by atoms with E-state index in [0.717, 1.165) is 21.6 Å². The molecule has 0 saturated heterocycles. The van der Waals surface area contributed by atoms with Crippen molar-refractivity contribution < 1.29 is 14.3 Å². The summed E-state index contributed by atoms with van der Waals surface area (Å²) in [5.41, 5.74) is 2.45. The second-order valence-corrected chi connectivity index (χ2v) is 7.62. The van der Waals surface area contributed by atoms with Gasteiger partial charge in [-0.25, -0.2) is 18.9 Å². The summed E-state index contributed by atoms with van der Waals surface area (Å²) in [6.07, 6.45) is 0. The Hall–Kier alpha value is -4.14. The molecule has 0 fully saturated rings. The van der Waals surface area contributed by atoms with Crippen LogP contribution in [-0.4, -0.2) is 39.3 Å². The SMILES string of the molecule is COc1ccc(-c2cc3nn(CC(=O)NC(C)c4cccc(OC)c4)c(=O)n3c(C)n2)cc1. The molecule has 170 valence electrons. The maximum absolute atomic E-state index is 12.9. The maximum Gasteiger partial charge on any atom is 0.352 e. The summed E-state index contributed by atoms with van der Waals surface area (Å²) in [5.74, 6) is 1.61. The monoisotopic (exact) mass is 447 g/mol. The molecule has 4 rings (SSSR count). The molecular formula is C24H25N5O4. The summed E-state index contributed by atoms with van der Waals surface area (Å²) in [7, 11) is 3.20. The molecule has 0 aliphatic carbocycles. The van der Waals surface area contributed by atoms with Crippen molar-refractivity contribution in [3.63, 3.8) is 0 Å². The predicted molar refractivity (Wildman–Crippen MR) is 124 cm³/mol. The number of benzene rings is 2. The molecule has 0 saturated carbocycles. The Balaban J connectivity index is 1.56. The van der Waals surface area contributed by atoms with Crippen molar-refractivity contribution in [2.75, 3.05) is 14.2 Å². The quantitative estimate of drug-likeness (QED) is 0.468. The summed E-state index contributed by atoms with van der Waals surface area (Å²) < 4.78 is 13.0. The van der Waals surface area contributed by atoms with Gasteiger partial charge in [-0.3, -0.25) is 4.79 Å². The van der Waals surface area contributed by atoms with E-state index in [1.165, 1.54) is 4.40 Å². The molecule has 0 aliphatic rings. The van der Waals surface area contributed by atoms with Crippen molar-refractivity contribution in [1.82, 2.24) is 24.5 Å². The molecule has 1 unspecified atom stereocenters. The Kier molecular flexibility index (Phi) is 6.12. The zero-order chi connectivity index (χ0) is 23.5. The highest BCUT2D eigenvalue weighted by Gasteiger charge is 2.16. The summed E-state index contributed by atoms with van der Waals surface area (Å²) in [5, 5.41) is 7.26. The van der Waals surface area contributed by atoms with Gasteiger partial charge in [0.15, 0.2) is 5.65 Å². The number of aryl methyl sites for hydroxylation is 1. The maximum atomic E-state index is 12.9. The highest BCUT2D eigenvalue weighted by atomic mass is 16.5. The molecule has 0 bridgehead atoms. The molecule has 0 aliphatic heterocycles. The number of carbonyl (C=O) groups excluding carboxylic acids is 1. The number of carbonyl (C=O) groups is 1. The number of hydrogen-bond acceptors (Lipinski definition) is 6. The van der Waals surface area contributed by atoms with E-state index in [0.29, 0.717) is 22.9 Å². The first kappa shape index (κ1) is 22.1. The highest BCUT2D eigenvalue weighted by Crippen LogP contribution is 2.22. The minimum Gasteiger partial charge on any atom is -0.497 e. The van der Waals surface area contributed by atoms with E-state index in [1.54, 1.807) is 27.2 Å². The topological polar surface area (TPSA) is 99.8 Å². The first-order chi connectivity index (χ1) is 15.9. The van der Waals surface area contributed by atoms with Crippen LogP contribution in [-0.2, 0) is 11.3 Å². The highest BCUT2D eigenvalue weighted by molar-refractivity contribution is 5.76. The number of hydrogen-bond donors (Lipinski definition) is 1. The third kappa shape index (κ3) is 4.57. The van der Waals surface area contributed by atoms with E-state index in [9.17, 15) is 9.59 Å². The Morgan fingerprint density at radius 1 is 1.06 bits per heavy atom. The van der Waals surface area contributed by atoms with E-state index < -0.39 is 5.69 Å². The van der Waals surface area contributed by atoms with Crippen molar-refractivity contribution in [3.8, 4) is 22.8 Å². The minimum absolute atomic E-state index is 0.202. The number of ether oxygens (including phenoxy) is 2. The summed E-state index contributed by atoms with van der Waals surface area (Å²) >= 11 is 0. The van der Waals surface area contributed by atoms with Crippen LogP contribution >= 0.6 is 0 Å². The van der Waals surface area contributed by atoms with Gasteiger partial charge in [-0.15, -0.1) is 5.10 Å². The Morgan fingerprint density at radius 2 is 1.79 bits per heavy atom. The number of rotatable bonds is 7. The lowest BCUT2D eigenvalue weighted by atomic mass is 10.1. The number of nitrogens with one attached hydrogen (secondary N) is 1. The van der Waals surface area contributed by atoms with Crippen LogP contribution in [0.1, 0.15) is 24.4 Å². The smallest absolute Gasteiger partial charge is 0.352 e. The molecule has 4 aromatic rings. The number of nitrogens with zero attached hydrogens (tertiary/aromatic N) is 4. The number of amides is 1. The standard InChI is InChI=1S/C24H25N5O4/c1-15(18-6-5-7-20(12-18)33-4)25-23(30)14-28-24(31)29-16(2)26-21(13-22(29)27-28)17-8-10-19(32-3)11-9-17/h5-13,15H,14H2,1-4H3,(H,25,30). The second kappa shape index (κ2) is 9.15. The van der Waals surface area contributed by atoms with Gasteiger partial charge in [-0.1, -0.05) is 12.1 Å². The fourth-order valence-corrected chi connectivity index (χ4v) is 3.63. The lowest BCUT2D eigenvalue weighted by Crippen LogP contribution is -2.34. The molecule has 0 spiro atoms. The largest absolute Gasteiger partial charge is 0.497 e. The van der Waals surface area contributed by atoms with E-state index in [-0.39, 0.29) is 18.5 Å². The Morgan fingerprint density at radius 3 is 2.48 bits per heavy atom. The summed E-state index contributed by atoms with van der Waals surface area (Å²) in [6, 6.07) is 16.4. The van der Waals surface area contributed by atoms with Crippen LogP contribution in [0.4, 0.5) is 0 Å². The third-order valence-corrected chi connectivity index (χ3v) is 5.39. The van der Waals surface area contributed by atoms with Gasteiger partial charge in [0.2, 0.25) is 5.91 Å². The van der Waals surface area contributed by atoms with Crippen molar-refractivity contribution >= 4 is 11.6 Å². The van der Waals surface area contributed by atoms with Crippen molar-refractivity contribution in [3.05, 3.63) is 76.5 Å². The van der Waals surface area contributed by atoms with Gasteiger partial charge in [-0.05, 0) is 55.8 Å². The number of fused-ring (bicyclic) bond motifs is 1. The van der Waals surface area contributed by atoms with Gasteiger partial charge in [0.1, 0.15) is 23.9 Å². The van der Waals surface area contributed by atoms with Crippen LogP contribution in [0.25, 0.3) is 16.9 Å². The van der Waals surface area contributed by atoms with Crippen LogP contribution in [0, 0.1) is 6.92 Å². The predicted octanol–water partition coefficient (Wildman–Crippen LogP) is 2.76. The van der Waals surface area contributed by atoms with E-state index in [1.807, 2.05) is 55.5 Å². The molecule has 0 radical (unpaired) electrons. The fraction of sp³-hybridized carbons (Fsp3) is 0.250. The van der Waals surface area contributed by atoms with E-state index in [4.69, 9.17) is 9.47 Å². The first-order valence-corrected chi connectivity index (χ1v) is 10.4. The van der Waals surface area contributed by atoms with Crippen LogP contribution in [0.2, 0.25) is 0 Å². The Bertz CT molecular complexity index is 1360. The average molecular weight is 447 g/mol. The van der Waals surface area contributed by atoms with Gasteiger partial charge in [0.05, 0.1) is 26.0 Å². The Labute approximate surface area is 190 Å². The molecule has 2 aromatic carbocycles. The van der Waals surface area contributed by atoms with Crippen molar-refractivity contribution in [2.24, 2.45) is 0 Å². The molecule has 1 atom stereocenters. The fourth-order valence-electron chi connectivity index (χ4n) is 3.63. The van der Waals surface area contributed by atoms with Gasteiger partial charge < -0.3 is 14.8 Å². The molecule has 2 heterocycles. The molecular weight excluding hydrogens is 422 g/mol. The van der Waals surface area contributed by atoms with Gasteiger partial charge in [0, 0.05) is 11.6 Å². The van der Waals surface area contributed by atoms with Crippen LogP contribution in [0.5, 0.6) is 11.5 Å². The van der Waals surface area contributed by atoms with E-state index in [2.05, 4.69) is 15.4 Å². The second-order valence-electron chi connectivity index (χ2n) is 7.62. The zero-order valence-corrected chi connectivity index (χ0v) is 18.9. The lowest BCUT2D eigenvalue weighted by molar-refractivity contribution is -0.122. The minimum atomic E-state index is -0.416. The first-order valence-electron chi connectivity index (χ1n) is 10.4. The average Bonchev–Trinajstić information content (AvgIpc) is 3.14. The van der Waals surface area contributed by atoms with Gasteiger partial charge in [-0.2, -0.15) is 0 Å². The molecule has 1 N–H and O–H groups in total. The molecule has 1 amide bonds. The molecule has 33 heavy (non-hydrogen) atoms. The van der Waals surface area contributed by atoms with Crippen LogP contribution in [0.3, 0.4) is 0 Å². The zero-order valence-electron chi connectivity index (χ0n) is 18.9. The van der Waals surface area contributed by atoms with Crippen LogP contribution in [0.15, 0.2) is 59.4 Å². The normalized spacial score (nSPS) is 11.9. The van der Waals surface area contributed by atoms with Gasteiger partial charge in [0.25, 0.3) is 0 Å². The number of aromatic nitrogens is 4. The van der Waals surface area contributed by atoms with Crippen LogP contribution < -0.4 is 20.5 Å². The third-order valence-electron chi connectivity index (χ3n) is 5.39. The van der Waals surface area contributed by atoms with Crippen molar-refractivity contribution in [2.45, 2.75) is 26.4 Å². The molecule has 9 heteroatoms.